The zero-order valence-corrected chi connectivity index (χ0v) is 15.2. The number of fused-ring (bicyclic) bond motifs is 1. The summed E-state index contributed by atoms with van der Waals surface area (Å²) in [6, 6.07) is 16.4. The zero-order chi connectivity index (χ0) is 18.5. The van der Waals surface area contributed by atoms with Crippen LogP contribution in [0.2, 0.25) is 0 Å². The van der Waals surface area contributed by atoms with Crippen molar-refractivity contribution >= 4 is 5.91 Å². The third-order valence-electron chi connectivity index (χ3n) is 4.89. The van der Waals surface area contributed by atoms with E-state index in [1.54, 1.807) is 24.5 Å². The summed E-state index contributed by atoms with van der Waals surface area (Å²) in [5, 5.41) is 7.50. The lowest BCUT2D eigenvalue weighted by atomic mass is 10.1. The minimum atomic E-state index is -0.0826. The fourth-order valence-corrected chi connectivity index (χ4v) is 3.59. The first kappa shape index (κ1) is 17.4. The lowest BCUT2D eigenvalue weighted by Crippen LogP contribution is -2.39. The van der Waals surface area contributed by atoms with E-state index in [2.05, 4.69) is 55.3 Å². The van der Waals surface area contributed by atoms with Crippen LogP contribution in [-0.4, -0.2) is 38.7 Å². The lowest BCUT2D eigenvalue weighted by Gasteiger charge is -2.34. The van der Waals surface area contributed by atoms with Crippen LogP contribution in [0.25, 0.3) is 0 Å². The van der Waals surface area contributed by atoms with Crippen molar-refractivity contribution in [3.05, 3.63) is 83.9 Å². The summed E-state index contributed by atoms with van der Waals surface area (Å²) in [5.74, 6) is -0.0826. The molecule has 0 unspecified atom stereocenters. The van der Waals surface area contributed by atoms with Gasteiger partial charge in [-0.05, 0) is 30.2 Å². The van der Waals surface area contributed by atoms with Crippen LogP contribution in [0.5, 0.6) is 0 Å². The molecule has 1 aliphatic heterocycles. The predicted octanol–water partition coefficient (Wildman–Crippen LogP) is 2.66. The number of aromatic nitrogens is 3. The van der Waals surface area contributed by atoms with Crippen LogP contribution in [0.3, 0.4) is 0 Å². The summed E-state index contributed by atoms with van der Waals surface area (Å²) < 4.78 is 2.11. The van der Waals surface area contributed by atoms with Gasteiger partial charge in [0.15, 0.2) is 0 Å². The molecule has 0 bridgehead atoms. The SMILES string of the molecule is O=C(NCC[C@@H]1CN(Cc2ccccc2)Cc2ccnn21)c1cccnc1. The van der Waals surface area contributed by atoms with Crippen LogP contribution >= 0.6 is 0 Å². The van der Waals surface area contributed by atoms with Gasteiger partial charge in [-0.1, -0.05) is 30.3 Å². The van der Waals surface area contributed by atoms with Crippen molar-refractivity contribution in [3.8, 4) is 0 Å². The summed E-state index contributed by atoms with van der Waals surface area (Å²) in [7, 11) is 0. The van der Waals surface area contributed by atoms with E-state index in [1.807, 2.05) is 12.3 Å². The van der Waals surface area contributed by atoms with Crippen molar-refractivity contribution in [2.45, 2.75) is 25.6 Å². The number of hydrogen-bond donors (Lipinski definition) is 1. The van der Waals surface area contributed by atoms with E-state index >= 15 is 0 Å². The molecule has 0 aliphatic carbocycles. The molecule has 1 N–H and O–H groups in total. The lowest BCUT2D eigenvalue weighted by molar-refractivity contribution is 0.0946. The van der Waals surface area contributed by atoms with Gasteiger partial charge in [-0.2, -0.15) is 5.10 Å². The van der Waals surface area contributed by atoms with E-state index in [4.69, 9.17) is 0 Å². The topological polar surface area (TPSA) is 63.1 Å². The first-order chi connectivity index (χ1) is 13.3. The summed E-state index contributed by atoms with van der Waals surface area (Å²) in [5.41, 5.74) is 3.13. The number of hydrogen-bond acceptors (Lipinski definition) is 4. The molecule has 0 fully saturated rings. The minimum absolute atomic E-state index is 0.0826. The second kappa shape index (κ2) is 8.14. The maximum Gasteiger partial charge on any atom is 0.252 e. The number of amides is 1. The van der Waals surface area contributed by atoms with Crippen molar-refractivity contribution in [2.24, 2.45) is 0 Å². The first-order valence-corrected chi connectivity index (χ1v) is 9.26. The van der Waals surface area contributed by atoms with Gasteiger partial charge in [0, 0.05) is 44.8 Å². The quantitative estimate of drug-likeness (QED) is 0.733. The van der Waals surface area contributed by atoms with Crippen LogP contribution < -0.4 is 5.32 Å². The average Bonchev–Trinajstić information content (AvgIpc) is 3.18. The van der Waals surface area contributed by atoms with E-state index in [0.29, 0.717) is 12.1 Å². The van der Waals surface area contributed by atoms with Crippen molar-refractivity contribution in [1.82, 2.24) is 25.0 Å². The number of nitrogens with zero attached hydrogens (tertiary/aromatic N) is 4. The Morgan fingerprint density at radius 1 is 1.11 bits per heavy atom. The number of pyridine rings is 1. The van der Waals surface area contributed by atoms with Crippen molar-refractivity contribution in [1.29, 1.82) is 0 Å². The maximum absolute atomic E-state index is 12.2. The Kier molecular flexibility index (Phi) is 5.25. The Morgan fingerprint density at radius 2 is 2.00 bits per heavy atom. The standard InChI is InChI=1S/C21H23N5O/c27-21(18-7-4-10-22-13-18)23-11-8-19-15-25(14-17-5-2-1-3-6-17)16-20-9-12-24-26(19)20/h1-7,9-10,12-13,19H,8,11,14-16H2,(H,23,27)/t19-/m1/s1. The highest BCUT2D eigenvalue weighted by molar-refractivity contribution is 5.93. The van der Waals surface area contributed by atoms with Gasteiger partial charge in [-0.3, -0.25) is 19.4 Å². The molecule has 4 rings (SSSR count). The third-order valence-corrected chi connectivity index (χ3v) is 4.89. The van der Waals surface area contributed by atoms with E-state index < -0.39 is 0 Å². The highest BCUT2D eigenvalue weighted by atomic mass is 16.1. The van der Waals surface area contributed by atoms with Gasteiger partial charge in [0.1, 0.15) is 0 Å². The van der Waals surface area contributed by atoms with Crippen LogP contribution in [0.15, 0.2) is 67.1 Å². The number of benzene rings is 1. The molecule has 0 saturated heterocycles. The Bertz CT molecular complexity index is 878. The van der Waals surface area contributed by atoms with E-state index in [9.17, 15) is 4.79 Å². The molecule has 1 aromatic carbocycles. The van der Waals surface area contributed by atoms with Gasteiger partial charge in [0.25, 0.3) is 5.91 Å². The Labute approximate surface area is 158 Å². The maximum atomic E-state index is 12.2. The van der Waals surface area contributed by atoms with Crippen molar-refractivity contribution < 1.29 is 4.79 Å². The molecular weight excluding hydrogens is 338 g/mol. The molecule has 3 aromatic rings. The van der Waals surface area contributed by atoms with Crippen molar-refractivity contribution in [3.63, 3.8) is 0 Å². The van der Waals surface area contributed by atoms with Gasteiger partial charge in [-0.15, -0.1) is 0 Å². The van der Waals surface area contributed by atoms with E-state index in [0.717, 1.165) is 26.1 Å². The Morgan fingerprint density at radius 3 is 2.81 bits per heavy atom. The molecular formula is C21H23N5O. The smallest absolute Gasteiger partial charge is 0.252 e. The molecule has 1 atom stereocenters. The van der Waals surface area contributed by atoms with E-state index in [1.165, 1.54) is 11.3 Å². The molecule has 2 aromatic heterocycles. The summed E-state index contributed by atoms with van der Waals surface area (Å²) in [4.78, 5) is 18.6. The Balaban J connectivity index is 1.37. The average molecular weight is 361 g/mol. The molecule has 1 aliphatic rings. The fraction of sp³-hybridized carbons (Fsp3) is 0.286. The summed E-state index contributed by atoms with van der Waals surface area (Å²) >= 11 is 0. The molecule has 27 heavy (non-hydrogen) atoms. The molecule has 0 radical (unpaired) electrons. The number of carbonyl (C=O) groups is 1. The van der Waals surface area contributed by atoms with Gasteiger partial charge >= 0.3 is 0 Å². The van der Waals surface area contributed by atoms with E-state index in [-0.39, 0.29) is 11.9 Å². The normalized spacial score (nSPS) is 16.7. The third kappa shape index (κ3) is 4.23. The highest BCUT2D eigenvalue weighted by Crippen LogP contribution is 2.24. The number of rotatable bonds is 6. The molecule has 0 saturated carbocycles. The second-order valence-corrected chi connectivity index (χ2v) is 6.86. The number of nitrogens with one attached hydrogen (secondary N) is 1. The molecule has 3 heterocycles. The van der Waals surface area contributed by atoms with Crippen LogP contribution in [0, 0.1) is 0 Å². The van der Waals surface area contributed by atoms with Gasteiger partial charge < -0.3 is 5.32 Å². The van der Waals surface area contributed by atoms with Crippen LogP contribution in [-0.2, 0) is 13.1 Å². The Hall–Kier alpha value is -2.99. The molecule has 0 spiro atoms. The predicted molar refractivity (Wildman–Crippen MR) is 103 cm³/mol. The van der Waals surface area contributed by atoms with Crippen molar-refractivity contribution in [2.75, 3.05) is 13.1 Å². The first-order valence-electron chi connectivity index (χ1n) is 9.26. The van der Waals surface area contributed by atoms with Gasteiger partial charge in [-0.25, -0.2) is 0 Å². The second-order valence-electron chi connectivity index (χ2n) is 6.86. The molecule has 138 valence electrons. The van der Waals surface area contributed by atoms with Gasteiger partial charge in [0.2, 0.25) is 0 Å². The fourth-order valence-electron chi connectivity index (χ4n) is 3.59. The van der Waals surface area contributed by atoms with Crippen LogP contribution in [0.1, 0.15) is 34.1 Å². The largest absolute Gasteiger partial charge is 0.352 e. The molecule has 1 amide bonds. The van der Waals surface area contributed by atoms with Crippen LogP contribution in [0.4, 0.5) is 0 Å². The molecule has 6 nitrogen and oxygen atoms in total. The minimum Gasteiger partial charge on any atom is -0.352 e. The monoisotopic (exact) mass is 361 g/mol. The zero-order valence-electron chi connectivity index (χ0n) is 15.2. The summed E-state index contributed by atoms with van der Waals surface area (Å²) in [6.07, 6.45) is 5.96. The molecule has 6 heteroatoms. The number of carbonyl (C=O) groups excluding carboxylic acids is 1. The highest BCUT2D eigenvalue weighted by Gasteiger charge is 2.25. The summed E-state index contributed by atoms with van der Waals surface area (Å²) in [6.45, 7) is 3.35. The van der Waals surface area contributed by atoms with Gasteiger partial charge in [0.05, 0.1) is 17.3 Å².